The number of aromatic nitrogens is 4. The Bertz CT molecular complexity index is 865. The van der Waals surface area contributed by atoms with Gasteiger partial charge in [-0.05, 0) is 31.0 Å². The van der Waals surface area contributed by atoms with Gasteiger partial charge in [0.25, 0.3) is 5.56 Å². The van der Waals surface area contributed by atoms with E-state index in [1.54, 1.807) is 41.5 Å². The van der Waals surface area contributed by atoms with Crippen molar-refractivity contribution in [2.75, 3.05) is 0 Å². The highest BCUT2D eigenvalue weighted by molar-refractivity contribution is 5.60. The Morgan fingerprint density at radius 3 is 2.26 bits per heavy atom. The third kappa shape index (κ3) is 3.18. The molecule has 0 aliphatic heterocycles. The summed E-state index contributed by atoms with van der Waals surface area (Å²) in [5, 5.41) is 0. The summed E-state index contributed by atoms with van der Waals surface area (Å²) >= 11 is 0. The maximum atomic E-state index is 12.2. The molecule has 3 aromatic heterocycles. The first-order valence-electron chi connectivity index (χ1n) is 7.52. The molecule has 23 heavy (non-hydrogen) atoms. The minimum atomic E-state index is -0.0964. The van der Waals surface area contributed by atoms with E-state index in [4.69, 9.17) is 0 Å². The molecular weight excluding hydrogens is 288 g/mol. The van der Waals surface area contributed by atoms with Crippen LogP contribution >= 0.6 is 0 Å². The van der Waals surface area contributed by atoms with Crippen LogP contribution in [0.3, 0.4) is 0 Å². The van der Waals surface area contributed by atoms with E-state index in [1.165, 1.54) is 0 Å². The molecule has 0 saturated heterocycles. The van der Waals surface area contributed by atoms with Crippen molar-refractivity contribution < 1.29 is 0 Å². The standard InChI is InChI=1S/C18H18N4O/c1-12(2)17-6-5-16(10-21-17)22-11-14(4-7-18(22)23)15-8-19-13(3)20-9-15/h4-12H,1-3H3. The van der Waals surface area contributed by atoms with Crippen molar-refractivity contribution in [1.29, 1.82) is 0 Å². The number of rotatable bonds is 3. The number of aryl methyl sites for hydroxylation is 1. The van der Waals surface area contributed by atoms with Crippen LogP contribution in [0.2, 0.25) is 0 Å². The van der Waals surface area contributed by atoms with Crippen LogP contribution in [-0.2, 0) is 0 Å². The average Bonchev–Trinajstić information content (AvgIpc) is 2.56. The van der Waals surface area contributed by atoms with Gasteiger partial charge in [0.05, 0.1) is 11.9 Å². The van der Waals surface area contributed by atoms with Gasteiger partial charge in [0.15, 0.2) is 0 Å². The summed E-state index contributed by atoms with van der Waals surface area (Å²) in [6.07, 6.45) is 7.04. The predicted molar refractivity (Wildman–Crippen MR) is 89.7 cm³/mol. The molecule has 0 spiro atoms. The molecule has 0 fully saturated rings. The zero-order valence-electron chi connectivity index (χ0n) is 13.4. The molecule has 0 radical (unpaired) electrons. The third-order valence-electron chi connectivity index (χ3n) is 3.67. The van der Waals surface area contributed by atoms with Crippen LogP contribution in [0.1, 0.15) is 31.3 Å². The second-order valence-corrected chi connectivity index (χ2v) is 5.74. The lowest BCUT2D eigenvalue weighted by Gasteiger charge is -2.10. The van der Waals surface area contributed by atoms with E-state index in [1.807, 2.05) is 19.1 Å². The molecule has 0 atom stereocenters. The van der Waals surface area contributed by atoms with Crippen molar-refractivity contribution >= 4 is 0 Å². The van der Waals surface area contributed by atoms with E-state index >= 15 is 0 Å². The average molecular weight is 306 g/mol. The normalized spacial score (nSPS) is 11.0. The number of nitrogens with zero attached hydrogens (tertiary/aromatic N) is 4. The van der Waals surface area contributed by atoms with Crippen LogP contribution < -0.4 is 5.56 Å². The van der Waals surface area contributed by atoms with Crippen molar-refractivity contribution in [3.63, 3.8) is 0 Å². The molecule has 0 unspecified atom stereocenters. The fourth-order valence-corrected chi connectivity index (χ4v) is 2.28. The molecule has 3 heterocycles. The molecular formula is C18H18N4O. The largest absolute Gasteiger partial charge is 0.282 e. The second kappa shape index (κ2) is 6.12. The Morgan fingerprint density at radius 1 is 0.913 bits per heavy atom. The van der Waals surface area contributed by atoms with E-state index < -0.39 is 0 Å². The zero-order valence-corrected chi connectivity index (χ0v) is 13.4. The van der Waals surface area contributed by atoms with Crippen molar-refractivity contribution in [3.8, 4) is 16.8 Å². The zero-order chi connectivity index (χ0) is 16.4. The van der Waals surface area contributed by atoms with Crippen LogP contribution in [-0.4, -0.2) is 19.5 Å². The van der Waals surface area contributed by atoms with E-state index in [0.29, 0.717) is 5.92 Å². The van der Waals surface area contributed by atoms with E-state index in [2.05, 4.69) is 28.8 Å². The second-order valence-electron chi connectivity index (χ2n) is 5.74. The molecule has 116 valence electrons. The lowest BCUT2D eigenvalue weighted by atomic mass is 10.1. The van der Waals surface area contributed by atoms with Crippen LogP contribution in [0.5, 0.6) is 0 Å². The summed E-state index contributed by atoms with van der Waals surface area (Å²) in [4.78, 5) is 25.0. The van der Waals surface area contributed by atoms with Crippen molar-refractivity contribution in [2.45, 2.75) is 26.7 Å². The van der Waals surface area contributed by atoms with Gasteiger partial charge in [0.1, 0.15) is 5.82 Å². The Balaban J connectivity index is 2.04. The summed E-state index contributed by atoms with van der Waals surface area (Å²) in [6, 6.07) is 7.20. The minimum absolute atomic E-state index is 0.0964. The Labute approximate surface area is 134 Å². The van der Waals surface area contributed by atoms with Gasteiger partial charge in [-0.2, -0.15) is 0 Å². The Kier molecular flexibility index (Phi) is 4.02. The quantitative estimate of drug-likeness (QED) is 0.746. The Hall–Kier alpha value is -2.82. The highest BCUT2D eigenvalue weighted by Gasteiger charge is 2.06. The van der Waals surface area contributed by atoms with Crippen molar-refractivity contribution in [3.05, 3.63) is 70.9 Å². The first kappa shape index (κ1) is 15.1. The molecule has 0 saturated carbocycles. The smallest absolute Gasteiger partial charge is 0.255 e. The highest BCUT2D eigenvalue weighted by atomic mass is 16.1. The maximum absolute atomic E-state index is 12.2. The van der Waals surface area contributed by atoms with Gasteiger partial charge in [0, 0.05) is 41.5 Å². The molecule has 0 aliphatic carbocycles. The van der Waals surface area contributed by atoms with E-state index in [9.17, 15) is 4.79 Å². The van der Waals surface area contributed by atoms with Gasteiger partial charge in [-0.1, -0.05) is 13.8 Å². The van der Waals surface area contributed by atoms with Crippen molar-refractivity contribution in [2.24, 2.45) is 0 Å². The Morgan fingerprint density at radius 2 is 1.65 bits per heavy atom. The summed E-state index contributed by atoms with van der Waals surface area (Å²) in [7, 11) is 0. The topological polar surface area (TPSA) is 60.7 Å². The lowest BCUT2D eigenvalue weighted by Crippen LogP contribution is -2.16. The van der Waals surface area contributed by atoms with Gasteiger partial charge >= 0.3 is 0 Å². The van der Waals surface area contributed by atoms with Crippen LogP contribution in [0.15, 0.2) is 53.8 Å². The first-order valence-corrected chi connectivity index (χ1v) is 7.52. The van der Waals surface area contributed by atoms with Gasteiger partial charge in [-0.25, -0.2) is 9.97 Å². The molecule has 5 heteroatoms. The fraction of sp³-hybridized carbons (Fsp3) is 0.222. The highest BCUT2D eigenvalue weighted by Crippen LogP contribution is 2.18. The SMILES string of the molecule is Cc1ncc(-c2ccc(=O)n(-c3ccc(C(C)C)nc3)c2)cn1. The molecule has 3 aromatic rings. The van der Waals surface area contributed by atoms with Gasteiger partial charge < -0.3 is 0 Å². The summed E-state index contributed by atoms with van der Waals surface area (Å²) < 4.78 is 1.59. The van der Waals surface area contributed by atoms with E-state index in [0.717, 1.165) is 28.3 Å². The molecule has 0 N–H and O–H groups in total. The molecule has 5 nitrogen and oxygen atoms in total. The minimum Gasteiger partial charge on any atom is -0.282 e. The third-order valence-corrected chi connectivity index (χ3v) is 3.67. The fourth-order valence-electron chi connectivity index (χ4n) is 2.28. The number of pyridine rings is 2. The number of hydrogen-bond acceptors (Lipinski definition) is 4. The van der Waals surface area contributed by atoms with Gasteiger partial charge in [-0.15, -0.1) is 0 Å². The maximum Gasteiger partial charge on any atom is 0.255 e. The van der Waals surface area contributed by atoms with Crippen LogP contribution in [0, 0.1) is 6.92 Å². The van der Waals surface area contributed by atoms with Crippen LogP contribution in [0.4, 0.5) is 0 Å². The molecule has 3 rings (SSSR count). The summed E-state index contributed by atoms with van der Waals surface area (Å²) in [6.45, 7) is 6.02. The molecule has 0 aromatic carbocycles. The predicted octanol–water partition coefficient (Wildman–Crippen LogP) is 3.12. The summed E-state index contributed by atoms with van der Waals surface area (Å²) in [5.74, 6) is 1.08. The first-order chi connectivity index (χ1) is 11.0. The number of hydrogen-bond donors (Lipinski definition) is 0. The van der Waals surface area contributed by atoms with Gasteiger partial charge in [0.2, 0.25) is 0 Å². The molecule has 0 amide bonds. The van der Waals surface area contributed by atoms with E-state index in [-0.39, 0.29) is 5.56 Å². The summed E-state index contributed by atoms with van der Waals surface area (Å²) in [5.41, 5.74) is 3.41. The molecule has 0 aliphatic rings. The lowest BCUT2D eigenvalue weighted by molar-refractivity contribution is 0.818. The van der Waals surface area contributed by atoms with Crippen molar-refractivity contribution in [1.82, 2.24) is 19.5 Å². The molecule has 0 bridgehead atoms. The van der Waals surface area contributed by atoms with Crippen LogP contribution in [0.25, 0.3) is 16.8 Å². The van der Waals surface area contributed by atoms with Gasteiger partial charge in [-0.3, -0.25) is 14.3 Å². The monoisotopic (exact) mass is 306 g/mol.